The fraction of sp³-hybridized carbons (Fsp3) is 0.261. The Morgan fingerprint density at radius 1 is 1.10 bits per heavy atom. The van der Waals surface area contributed by atoms with Crippen LogP contribution >= 0.6 is 23.1 Å². The SMILES string of the molecule is Cc1noc(C)c1CSCC(=O)N(CCc1ccccc1)c1nc2ccccc2s1. The molecular formula is C23H23N3O2S2. The lowest BCUT2D eigenvalue weighted by Crippen LogP contribution is -2.34. The topological polar surface area (TPSA) is 59.2 Å². The number of para-hydroxylation sites is 1. The molecule has 0 bridgehead atoms. The van der Waals surface area contributed by atoms with Crippen LogP contribution in [-0.4, -0.2) is 28.3 Å². The monoisotopic (exact) mass is 437 g/mol. The minimum atomic E-state index is 0.0711. The molecule has 1 amide bonds. The Labute approximate surface area is 184 Å². The molecule has 2 aromatic heterocycles. The van der Waals surface area contributed by atoms with Crippen molar-refractivity contribution < 1.29 is 9.32 Å². The molecular weight excluding hydrogens is 414 g/mol. The van der Waals surface area contributed by atoms with Crippen molar-refractivity contribution in [3.63, 3.8) is 0 Å². The van der Waals surface area contributed by atoms with E-state index in [-0.39, 0.29) is 5.91 Å². The Balaban J connectivity index is 1.49. The zero-order valence-electron chi connectivity index (χ0n) is 17.0. The molecule has 0 saturated heterocycles. The number of hydrogen-bond acceptors (Lipinski definition) is 6. The van der Waals surface area contributed by atoms with Gasteiger partial charge in [0.05, 0.1) is 21.7 Å². The van der Waals surface area contributed by atoms with E-state index in [4.69, 9.17) is 9.51 Å². The number of fused-ring (bicyclic) bond motifs is 1. The van der Waals surface area contributed by atoms with Crippen LogP contribution < -0.4 is 4.90 Å². The van der Waals surface area contributed by atoms with E-state index >= 15 is 0 Å². The van der Waals surface area contributed by atoms with Crippen LogP contribution in [0.3, 0.4) is 0 Å². The lowest BCUT2D eigenvalue weighted by molar-refractivity contribution is -0.116. The number of rotatable bonds is 8. The molecule has 7 heteroatoms. The Morgan fingerprint density at radius 3 is 2.60 bits per heavy atom. The molecule has 2 heterocycles. The first-order chi connectivity index (χ1) is 14.6. The first-order valence-electron chi connectivity index (χ1n) is 9.81. The van der Waals surface area contributed by atoms with Crippen LogP contribution in [0.2, 0.25) is 0 Å². The van der Waals surface area contributed by atoms with E-state index in [2.05, 4.69) is 17.3 Å². The van der Waals surface area contributed by atoms with E-state index in [1.807, 2.05) is 61.2 Å². The number of benzene rings is 2. The largest absolute Gasteiger partial charge is 0.361 e. The first kappa shape index (κ1) is 20.6. The number of nitrogens with zero attached hydrogens (tertiary/aromatic N) is 3. The van der Waals surface area contributed by atoms with Gasteiger partial charge in [0.15, 0.2) is 5.13 Å². The Bertz CT molecular complexity index is 1090. The second-order valence-corrected chi connectivity index (χ2v) is 9.04. The predicted molar refractivity (Wildman–Crippen MR) is 124 cm³/mol. The summed E-state index contributed by atoms with van der Waals surface area (Å²) >= 11 is 3.15. The van der Waals surface area contributed by atoms with Crippen LogP contribution in [0.15, 0.2) is 59.1 Å². The van der Waals surface area contributed by atoms with Crippen LogP contribution in [0.1, 0.15) is 22.6 Å². The summed E-state index contributed by atoms with van der Waals surface area (Å²) in [6.07, 6.45) is 0.789. The maximum atomic E-state index is 13.2. The molecule has 4 rings (SSSR count). The molecule has 0 aliphatic carbocycles. The van der Waals surface area contributed by atoms with Gasteiger partial charge in [0, 0.05) is 17.9 Å². The van der Waals surface area contributed by atoms with Crippen molar-refractivity contribution in [2.24, 2.45) is 0 Å². The fourth-order valence-electron chi connectivity index (χ4n) is 3.21. The summed E-state index contributed by atoms with van der Waals surface area (Å²) in [6, 6.07) is 18.2. The van der Waals surface area contributed by atoms with E-state index in [1.165, 1.54) is 5.56 Å². The second-order valence-electron chi connectivity index (χ2n) is 7.04. The lowest BCUT2D eigenvalue weighted by Gasteiger charge is -2.20. The Hall–Kier alpha value is -2.64. The lowest BCUT2D eigenvalue weighted by atomic mass is 10.1. The average Bonchev–Trinajstić information content (AvgIpc) is 3.32. The highest BCUT2D eigenvalue weighted by atomic mass is 32.2. The van der Waals surface area contributed by atoms with Crippen molar-refractivity contribution in [2.75, 3.05) is 17.2 Å². The van der Waals surface area contributed by atoms with Crippen molar-refractivity contribution in [3.8, 4) is 0 Å². The second kappa shape index (κ2) is 9.45. The van der Waals surface area contributed by atoms with Crippen LogP contribution in [0.5, 0.6) is 0 Å². The van der Waals surface area contributed by atoms with Gasteiger partial charge in [-0.2, -0.15) is 0 Å². The molecule has 0 atom stereocenters. The van der Waals surface area contributed by atoms with Crippen LogP contribution in [0.4, 0.5) is 5.13 Å². The number of aryl methyl sites for hydroxylation is 2. The zero-order chi connectivity index (χ0) is 20.9. The van der Waals surface area contributed by atoms with Gasteiger partial charge in [0.2, 0.25) is 5.91 Å². The average molecular weight is 438 g/mol. The number of amides is 1. The minimum absolute atomic E-state index is 0.0711. The Kier molecular flexibility index (Phi) is 6.50. The first-order valence-corrected chi connectivity index (χ1v) is 11.8. The summed E-state index contributed by atoms with van der Waals surface area (Å²) < 4.78 is 6.31. The molecule has 4 aromatic rings. The standard InChI is InChI=1S/C23H23N3O2S2/c1-16-19(17(2)28-25-16)14-29-15-22(27)26(13-12-18-8-4-3-5-9-18)23-24-20-10-6-7-11-21(20)30-23/h3-11H,12-15H2,1-2H3. The molecule has 0 unspecified atom stereocenters. The minimum Gasteiger partial charge on any atom is -0.361 e. The van der Waals surface area contributed by atoms with Gasteiger partial charge in [-0.1, -0.05) is 59.0 Å². The number of aromatic nitrogens is 2. The van der Waals surface area contributed by atoms with E-state index in [1.54, 1.807) is 23.1 Å². The predicted octanol–water partition coefficient (Wildman–Crippen LogP) is 5.41. The summed E-state index contributed by atoms with van der Waals surface area (Å²) in [4.78, 5) is 19.7. The molecule has 5 nitrogen and oxygen atoms in total. The van der Waals surface area contributed by atoms with E-state index < -0.39 is 0 Å². The maximum Gasteiger partial charge on any atom is 0.238 e. The van der Waals surface area contributed by atoms with Crippen LogP contribution in [0, 0.1) is 13.8 Å². The van der Waals surface area contributed by atoms with Gasteiger partial charge in [-0.05, 0) is 38.0 Å². The highest BCUT2D eigenvalue weighted by molar-refractivity contribution is 7.99. The number of hydrogen-bond donors (Lipinski definition) is 0. The quantitative estimate of drug-likeness (QED) is 0.369. The van der Waals surface area contributed by atoms with Gasteiger partial charge in [-0.15, -0.1) is 11.8 Å². The number of thiazole rings is 1. The van der Waals surface area contributed by atoms with Crippen molar-refractivity contribution in [2.45, 2.75) is 26.0 Å². The molecule has 0 N–H and O–H groups in total. The smallest absolute Gasteiger partial charge is 0.238 e. The van der Waals surface area contributed by atoms with Gasteiger partial charge in [-0.25, -0.2) is 4.98 Å². The van der Waals surface area contributed by atoms with Crippen molar-refractivity contribution in [3.05, 3.63) is 77.2 Å². The fourth-order valence-corrected chi connectivity index (χ4v) is 5.27. The van der Waals surface area contributed by atoms with Crippen molar-refractivity contribution in [1.82, 2.24) is 10.1 Å². The third kappa shape index (κ3) is 4.74. The molecule has 0 radical (unpaired) electrons. The summed E-state index contributed by atoms with van der Waals surface area (Å²) in [6.45, 7) is 4.45. The number of carbonyl (C=O) groups excluding carboxylic acids is 1. The number of carbonyl (C=O) groups is 1. The number of anilines is 1. The Morgan fingerprint density at radius 2 is 1.87 bits per heavy atom. The molecule has 0 aliphatic heterocycles. The van der Waals surface area contributed by atoms with Crippen molar-refractivity contribution >= 4 is 44.4 Å². The van der Waals surface area contributed by atoms with Crippen molar-refractivity contribution in [1.29, 1.82) is 0 Å². The molecule has 2 aromatic carbocycles. The van der Waals surface area contributed by atoms with E-state index in [0.717, 1.165) is 38.8 Å². The van der Waals surface area contributed by atoms with Crippen LogP contribution in [0.25, 0.3) is 10.2 Å². The van der Waals surface area contributed by atoms with Crippen LogP contribution in [-0.2, 0) is 17.0 Å². The molecule has 0 aliphatic rings. The third-order valence-corrected chi connectivity index (χ3v) is 6.94. The third-order valence-electron chi connectivity index (χ3n) is 4.93. The molecule has 154 valence electrons. The maximum absolute atomic E-state index is 13.2. The number of thioether (sulfide) groups is 1. The summed E-state index contributed by atoms with van der Waals surface area (Å²) in [5, 5.41) is 4.75. The zero-order valence-corrected chi connectivity index (χ0v) is 18.6. The summed E-state index contributed by atoms with van der Waals surface area (Å²) in [5.74, 6) is 1.98. The highest BCUT2D eigenvalue weighted by Crippen LogP contribution is 2.29. The van der Waals surface area contributed by atoms with E-state index in [0.29, 0.717) is 18.1 Å². The molecule has 0 fully saturated rings. The van der Waals surface area contributed by atoms with E-state index in [9.17, 15) is 4.79 Å². The molecule has 0 saturated carbocycles. The van der Waals surface area contributed by atoms with Gasteiger partial charge in [0.1, 0.15) is 5.76 Å². The van der Waals surface area contributed by atoms with Gasteiger partial charge >= 0.3 is 0 Å². The summed E-state index contributed by atoms with van der Waals surface area (Å²) in [7, 11) is 0. The molecule has 0 spiro atoms. The molecule has 30 heavy (non-hydrogen) atoms. The summed E-state index contributed by atoms with van der Waals surface area (Å²) in [5.41, 5.74) is 4.10. The van der Waals surface area contributed by atoms with Gasteiger partial charge in [0.25, 0.3) is 0 Å². The van der Waals surface area contributed by atoms with Gasteiger partial charge in [-0.3, -0.25) is 9.69 Å². The van der Waals surface area contributed by atoms with Gasteiger partial charge < -0.3 is 4.52 Å². The normalized spacial score (nSPS) is 11.1. The highest BCUT2D eigenvalue weighted by Gasteiger charge is 2.20.